The van der Waals surface area contributed by atoms with Gasteiger partial charge in [0.05, 0.1) is 6.54 Å². The maximum absolute atomic E-state index is 10.3. The van der Waals surface area contributed by atoms with Crippen LogP contribution >= 0.6 is 0 Å². The Morgan fingerprint density at radius 1 is 0.862 bits per heavy atom. The quantitative estimate of drug-likeness (QED) is 0.495. The van der Waals surface area contributed by atoms with Gasteiger partial charge in [0, 0.05) is 6.20 Å². The summed E-state index contributed by atoms with van der Waals surface area (Å²) in [5.41, 5.74) is 0.639. The third-order valence-electron chi connectivity index (χ3n) is 4.05. The molecule has 0 aliphatic carbocycles. The Hall–Kier alpha value is -3.78. The fraction of sp³-hybridized carbons (Fsp3) is 0.143. The van der Waals surface area contributed by atoms with Crippen LogP contribution in [0, 0.1) is 0 Å². The van der Waals surface area contributed by atoms with Gasteiger partial charge in [0.15, 0.2) is 0 Å². The van der Waals surface area contributed by atoms with Crippen LogP contribution in [0.1, 0.15) is 0 Å². The zero-order valence-corrected chi connectivity index (χ0v) is 15.5. The predicted molar refractivity (Wildman–Crippen MR) is 106 cm³/mol. The lowest BCUT2D eigenvalue weighted by Gasteiger charge is -2.13. The average molecular weight is 389 g/mol. The molecule has 2 aromatic carbocycles. The first-order valence-corrected chi connectivity index (χ1v) is 9.09. The van der Waals surface area contributed by atoms with Crippen LogP contribution in [0.2, 0.25) is 0 Å². The van der Waals surface area contributed by atoms with Crippen molar-refractivity contribution in [3.05, 3.63) is 79.0 Å². The molecule has 0 radical (unpaired) electrons. The van der Waals surface area contributed by atoms with E-state index >= 15 is 0 Å². The summed E-state index contributed by atoms with van der Waals surface area (Å²) >= 11 is 0. The van der Waals surface area contributed by atoms with E-state index in [-0.39, 0.29) is 13.2 Å². The Kier molecular flexibility index (Phi) is 5.73. The summed E-state index contributed by atoms with van der Waals surface area (Å²) in [7, 11) is 0. The predicted octanol–water partition coefficient (Wildman–Crippen LogP) is 2.97. The number of pyridine rings is 1. The van der Waals surface area contributed by atoms with E-state index in [1.807, 2.05) is 60.7 Å². The van der Waals surface area contributed by atoms with E-state index in [4.69, 9.17) is 9.47 Å². The van der Waals surface area contributed by atoms with Crippen LogP contribution in [0.5, 0.6) is 17.2 Å². The van der Waals surface area contributed by atoms with Gasteiger partial charge in [-0.1, -0.05) is 24.3 Å². The van der Waals surface area contributed by atoms with Gasteiger partial charge in [-0.2, -0.15) is 0 Å². The molecule has 4 rings (SSSR count). The molecule has 0 fully saturated rings. The van der Waals surface area contributed by atoms with E-state index in [0.29, 0.717) is 23.0 Å². The van der Waals surface area contributed by atoms with Crippen molar-refractivity contribution in [3.63, 3.8) is 0 Å². The molecule has 0 bridgehead atoms. The molecule has 0 aliphatic heterocycles. The SMILES string of the molecule is OC(COc1ccc(Oc2ccccc2)cc1)Cn1nnnc1-c1ccccn1. The minimum absolute atomic E-state index is 0.0976. The highest BCUT2D eigenvalue weighted by Crippen LogP contribution is 2.23. The summed E-state index contributed by atoms with van der Waals surface area (Å²) in [6, 6.07) is 22.2. The second-order valence-corrected chi connectivity index (χ2v) is 6.25. The Morgan fingerprint density at radius 3 is 2.34 bits per heavy atom. The third kappa shape index (κ3) is 4.94. The number of hydrogen-bond donors (Lipinski definition) is 1. The number of hydrogen-bond acceptors (Lipinski definition) is 7. The van der Waals surface area contributed by atoms with Gasteiger partial charge in [0.2, 0.25) is 5.82 Å². The Balaban J connectivity index is 1.31. The molecule has 0 amide bonds. The molecule has 0 saturated heterocycles. The first kappa shape index (κ1) is 18.6. The van der Waals surface area contributed by atoms with E-state index in [9.17, 15) is 5.11 Å². The van der Waals surface area contributed by atoms with Crippen LogP contribution in [0.25, 0.3) is 11.5 Å². The smallest absolute Gasteiger partial charge is 0.200 e. The van der Waals surface area contributed by atoms with Crippen molar-refractivity contribution >= 4 is 0 Å². The molecule has 29 heavy (non-hydrogen) atoms. The molecule has 8 nitrogen and oxygen atoms in total. The Bertz CT molecular complexity index is 1020. The van der Waals surface area contributed by atoms with Gasteiger partial charge in [0.25, 0.3) is 0 Å². The summed E-state index contributed by atoms with van der Waals surface area (Å²) in [5, 5.41) is 21.9. The number of aliphatic hydroxyl groups is 1. The van der Waals surface area contributed by atoms with Crippen LogP contribution in [0.3, 0.4) is 0 Å². The molecule has 2 heterocycles. The van der Waals surface area contributed by atoms with E-state index < -0.39 is 6.10 Å². The number of rotatable bonds is 8. The average Bonchev–Trinajstić information content (AvgIpc) is 3.23. The molecule has 146 valence electrons. The van der Waals surface area contributed by atoms with Crippen LogP contribution in [-0.4, -0.2) is 43.0 Å². The molecule has 0 aliphatic rings. The fourth-order valence-electron chi connectivity index (χ4n) is 2.68. The summed E-state index contributed by atoms with van der Waals surface area (Å²) in [6.45, 7) is 0.286. The largest absolute Gasteiger partial charge is 0.491 e. The Labute approximate surface area is 167 Å². The van der Waals surface area contributed by atoms with Crippen LogP contribution in [0.4, 0.5) is 0 Å². The second kappa shape index (κ2) is 8.94. The molecule has 4 aromatic rings. The Morgan fingerprint density at radius 2 is 1.59 bits per heavy atom. The molecule has 8 heteroatoms. The van der Waals surface area contributed by atoms with Crippen LogP contribution in [0.15, 0.2) is 79.0 Å². The lowest BCUT2D eigenvalue weighted by molar-refractivity contribution is 0.0892. The van der Waals surface area contributed by atoms with Crippen molar-refractivity contribution < 1.29 is 14.6 Å². The lowest BCUT2D eigenvalue weighted by Crippen LogP contribution is -2.24. The van der Waals surface area contributed by atoms with E-state index in [0.717, 1.165) is 5.75 Å². The number of para-hydroxylation sites is 1. The van der Waals surface area contributed by atoms with Crippen molar-refractivity contribution in [2.24, 2.45) is 0 Å². The lowest BCUT2D eigenvalue weighted by atomic mass is 10.3. The second-order valence-electron chi connectivity index (χ2n) is 6.25. The minimum atomic E-state index is -0.791. The molecule has 0 spiro atoms. The third-order valence-corrected chi connectivity index (χ3v) is 4.05. The number of aromatic nitrogens is 5. The van der Waals surface area contributed by atoms with Crippen molar-refractivity contribution in [3.8, 4) is 28.8 Å². The van der Waals surface area contributed by atoms with Gasteiger partial charge in [-0.05, 0) is 59.0 Å². The van der Waals surface area contributed by atoms with Crippen molar-refractivity contribution in [2.75, 3.05) is 6.61 Å². The first-order valence-electron chi connectivity index (χ1n) is 9.09. The number of tetrazole rings is 1. The van der Waals surface area contributed by atoms with E-state index in [1.54, 1.807) is 18.3 Å². The normalized spacial score (nSPS) is 11.8. The fourth-order valence-corrected chi connectivity index (χ4v) is 2.68. The van der Waals surface area contributed by atoms with Crippen molar-refractivity contribution in [1.82, 2.24) is 25.2 Å². The van der Waals surface area contributed by atoms with Crippen molar-refractivity contribution in [2.45, 2.75) is 12.6 Å². The minimum Gasteiger partial charge on any atom is -0.491 e. The van der Waals surface area contributed by atoms with Gasteiger partial charge in [-0.3, -0.25) is 4.98 Å². The van der Waals surface area contributed by atoms with Gasteiger partial charge < -0.3 is 14.6 Å². The standard InChI is InChI=1S/C21H19N5O3/c27-16(14-26-21(23-24-25-26)20-8-4-5-13-22-20)15-28-17-9-11-19(12-10-17)29-18-6-2-1-3-7-18/h1-13,16,27H,14-15H2. The summed E-state index contributed by atoms with van der Waals surface area (Å²) in [5.74, 6) is 2.60. The molecule has 0 saturated carbocycles. The van der Waals surface area contributed by atoms with Gasteiger partial charge in [-0.15, -0.1) is 5.10 Å². The van der Waals surface area contributed by atoms with Gasteiger partial charge in [0.1, 0.15) is 35.7 Å². The van der Waals surface area contributed by atoms with Gasteiger partial charge in [-0.25, -0.2) is 4.68 Å². The van der Waals surface area contributed by atoms with E-state index in [1.165, 1.54) is 4.68 Å². The monoisotopic (exact) mass is 389 g/mol. The van der Waals surface area contributed by atoms with Crippen LogP contribution in [-0.2, 0) is 6.54 Å². The van der Waals surface area contributed by atoms with Gasteiger partial charge >= 0.3 is 0 Å². The number of benzene rings is 2. The summed E-state index contributed by atoms with van der Waals surface area (Å²) in [4.78, 5) is 4.23. The maximum Gasteiger partial charge on any atom is 0.200 e. The highest BCUT2D eigenvalue weighted by atomic mass is 16.5. The topological polar surface area (TPSA) is 95.2 Å². The summed E-state index contributed by atoms with van der Waals surface area (Å²) in [6.07, 6.45) is 0.875. The zero-order chi connectivity index (χ0) is 19.9. The molecule has 1 unspecified atom stereocenters. The number of aliphatic hydroxyl groups excluding tert-OH is 1. The number of nitrogens with zero attached hydrogens (tertiary/aromatic N) is 5. The zero-order valence-electron chi connectivity index (χ0n) is 15.5. The summed E-state index contributed by atoms with van der Waals surface area (Å²) < 4.78 is 12.9. The van der Waals surface area contributed by atoms with Crippen LogP contribution < -0.4 is 9.47 Å². The highest BCUT2D eigenvalue weighted by Gasteiger charge is 2.14. The molecule has 1 N–H and O–H groups in total. The molecular formula is C21H19N5O3. The van der Waals surface area contributed by atoms with E-state index in [2.05, 4.69) is 20.5 Å². The van der Waals surface area contributed by atoms with Crippen molar-refractivity contribution in [1.29, 1.82) is 0 Å². The molecule has 2 aromatic heterocycles. The molecule has 1 atom stereocenters. The molecular weight excluding hydrogens is 370 g/mol. The maximum atomic E-state index is 10.3. The first-order chi connectivity index (χ1) is 14.3. The number of ether oxygens (including phenoxy) is 2. The highest BCUT2D eigenvalue weighted by molar-refractivity contribution is 5.47.